The highest BCUT2D eigenvalue weighted by Gasteiger charge is 2.62. The normalized spacial score (nSPS) is 30.0. The zero-order valence-electron chi connectivity index (χ0n) is 11.3. The van der Waals surface area contributed by atoms with E-state index in [0.29, 0.717) is 0 Å². The first-order valence-corrected chi connectivity index (χ1v) is 8.12. The smallest absolute Gasteiger partial charge is 0.251 e. The van der Waals surface area contributed by atoms with Crippen molar-refractivity contribution in [2.24, 2.45) is 0 Å². The van der Waals surface area contributed by atoms with Gasteiger partial charge in [0, 0.05) is 12.8 Å². The molecule has 4 rings (SSSR count). The standard InChI is InChI=1S/C14H12F3N3OS/c15-9-6-10(8-4-2-1-3-5-8)20-12(9)18-13(19-20)22(21)11-7-14(11,16)17/h1-5,9-11H,6-7H2/t9-,10-,11?,22?/m0/s1. The third-order valence-corrected chi connectivity index (χ3v) is 5.60. The van der Waals surface area contributed by atoms with Gasteiger partial charge >= 0.3 is 0 Å². The van der Waals surface area contributed by atoms with Crippen molar-refractivity contribution < 1.29 is 17.4 Å². The highest BCUT2D eigenvalue weighted by molar-refractivity contribution is 7.85. The van der Waals surface area contributed by atoms with Crippen LogP contribution in [0.2, 0.25) is 0 Å². The summed E-state index contributed by atoms with van der Waals surface area (Å²) in [4.78, 5) is 3.92. The highest BCUT2D eigenvalue weighted by Crippen LogP contribution is 2.47. The maximum Gasteiger partial charge on any atom is 0.264 e. The van der Waals surface area contributed by atoms with Crippen LogP contribution in [-0.2, 0) is 10.8 Å². The Balaban J connectivity index is 1.68. The lowest BCUT2D eigenvalue weighted by molar-refractivity contribution is 0.122. The van der Waals surface area contributed by atoms with E-state index < -0.39 is 34.6 Å². The third kappa shape index (κ3) is 2.08. The number of rotatable bonds is 3. The second-order valence-corrected chi connectivity index (χ2v) is 7.11. The van der Waals surface area contributed by atoms with Crippen molar-refractivity contribution in [2.45, 2.75) is 41.4 Å². The molecule has 2 heterocycles. The van der Waals surface area contributed by atoms with Crippen LogP contribution in [0.3, 0.4) is 0 Å². The molecule has 2 aliphatic rings. The van der Waals surface area contributed by atoms with Crippen molar-refractivity contribution in [2.75, 3.05) is 0 Å². The molecule has 2 unspecified atom stereocenters. The third-order valence-electron chi connectivity index (χ3n) is 4.03. The van der Waals surface area contributed by atoms with Gasteiger partial charge in [-0.25, -0.2) is 22.8 Å². The monoisotopic (exact) mass is 327 g/mol. The van der Waals surface area contributed by atoms with E-state index >= 15 is 0 Å². The molecule has 4 atom stereocenters. The van der Waals surface area contributed by atoms with Crippen molar-refractivity contribution in [3.05, 3.63) is 41.7 Å². The van der Waals surface area contributed by atoms with Gasteiger partial charge < -0.3 is 0 Å². The zero-order valence-corrected chi connectivity index (χ0v) is 12.1. The summed E-state index contributed by atoms with van der Waals surface area (Å²) in [6.07, 6.45) is -1.56. The van der Waals surface area contributed by atoms with Crippen LogP contribution < -0.4 is 0 Å². The molecule has 0 N–H and O–H groups in total. The first-order chi connectivity index (χ1) is 10.5. The van der Waals surface area contributed by atoms with Crippen LogP contribution in [0, 0.1) is 0 Å². The molecule has 1 aromatic carbocycles. The molecule has 0 amide bonds. The quantitative estimate of drug-likeness (QED) is 0.871. The number of halogens is 3. The molecular formula is C14H12F3N3OS. The highest BCUT2D eigenvalue weighted by atomic mass is 32.2. The Morgan fingerprint density at radius 3 is 2.59 bits per heavy atom. The van der Waals surface area contributed by atoms with Gasteiger partial charge in [0.05, 0.1) is 6.04 Å². The van der Waals surface area contributed by atoms with Gasteiger partial charge in [0.15, 0.2) is 12.0 Å². The Morgan fingerprint density at radius 1 is 1.27 bits per heavy atom. The van der Waals surface area contributed by atoms with E-state index in [1.54, 1.807) is 0 Å². The summed E-state index contributed by atoms with van der Waals surface area (Å²) in [6.45, 7) is 0. The largest absolute Gasteiger partial charge is 0.264 e. The summed E-state index contributed by atoms with van der Waals surface area (Å²) in [5, 5.41) is 2.62. The van der Waals surface area contributed by atoms with Crippen molar-refractivity contribution in [3.8, 4) is 0 Å². The summed E-state index contributed by atoms with van der Waals surface area (Å²) in [5.74, 6) is -2.85. The Hall–Kier alpha value is -1.70. The summed E-state index contributed by atoms with van der Waals surface area (Å²) in [6, 6.07) is 8.87. The molecule has 1 aliphatic heterocycles. The van der Waals surface area contributed by atoms with Gasteiger partial charge in [-0.1, -0.05) is 30.3 Å². The lowest BCUT2D eigenvalue weighted by Crippen LogP contribution is -2.11. The van der Waals surface area contributed by atoms with Gasteiger partial charge in [0.1, 0.15) is 16.0 Å². The molecule has 0 saturated heterocycles. The fourth-order valence-corrected chi connectivity index (χ4v) is 4.04. The van der Waals surface area contributed by atoms with E-state index in [9.17, 15) is 17.4 Å². The number of benzene rings is 1. The second-order valence-electron chi connectivity index (χ2n) is 5.58. The predicted octanol–water partition coefficient (Wildman–Crippen LogP) is 2.80. The molecule has 0 spiro atoms. The molecular weight excluding hydrogens is 315 g/mol. The van der Waals surface area contributed by atoms with Gasteiger partial charge in [0.25, 0.3) is 5.92 Å². The van der Waals surface area contributed by atoms with E-state index in [4.69, 9.17) is 0 Å². The maximum absolute atomic E-state index is 14.1. The fourth-order valence-electron chi connectivity index (χ4n) is 2.74. The van der Waals surface area contributed by atoms with Gasteiger partial charge in [-0.15, -0.1) is 5.10 Å². The minimum absolute atomic E-state index is 0.0705. The minimum Gasteiger partial charge on any atom is -0.251 e. The van der Waals surface area contributed by atoms with Crippen molar-refractivity contribution >= 4 is 10.8 Å². The van der Waals surface area contributed by atoms with Gasteiger partial charge in [-0.05, 0) is 5.56 Å². The van der Waals surface area contributed by atoms with E-state index in [1.807, 2.05) is 30.3 Å². The zero-order chi connectivity index (χ0) is 15.5. The van der Waals surface area contributed by atoms with E-state index in [1.165, 1.54) is 4.68 Å². The molecule has 2 aromatic rings. The Kier molecular flexibility index (Phi) is 2.94. The molecule has 1 saturated carbocycles. The lowest BCUT2D eigenvalue weighted by Gasteiger charge is -2.11. The molecule has 116 valence electrons. The summed E-state index contributed by atoms with van der Waals surface area (Å²) in [7, 11) is -2.00. The molecule has 0 bridgehead atoms. The van der Waals surface area contributed by atoms with Crippen LogP contribution in [0.4, 0.5) is 13.2 Å². The Labute approximate surface area is 126 Å². The summed E-state index contributed by atoms with van der Waals surface area (Å²) < 4.78 is 53.6. The van der Waals surface area contributed by atoms with Crippen molar-refractivity contribution in [1.82, 2.24) is 14.8 Å². The lowest BCUT2D eigenvalue weighted by atomic mass is 10.0. The van der Waals surface area contributed by atoms with Gasteiger partial charge in [-0.2, -0.15) is 0 Å². The van der Waals surface area contributed by atoms with E-state index in [2.05, 4.69) is 10.1 Å². The average Bonchev–Trinajstić information content (AvgIpc) is 2.87. The maximum atomic E-state index is 14.1. The Morgan fingerprint density at radius 2 is 1.95 bits per heavy atom. The van der Waals surface area contributed by atoms with Gasteiger partial charge in [0.2, 0.25) is 5.16 Å². The number of alkyl halides is 3. The van der Waals surface area contributed by atoms with Crippen molar-refractivity contribution in [3.63, 3.8) is 0 Å². The number of hydrogen-bond donors (Lipinski definition) is 0. The van der Waals surface area contributed by atoms with E-state index in [0.717, 1.165) is 5.56 Å². The molecule has 1 aliphatic carbocycles. The van der Waals surface area contributed by atoms with Crippen LogP contribution in [0.5, 0.6) is 0 Å². The van der Waals surface area contributed by atoms with E-state index in [-0.39, 0.29) is 23.4 Å². The molecule has 8 heteroatoms. The number of nitrogens with zero attached hydrogens (tertiary/aromatic N) is 3. The molecule has 1 aromatic heterocycles. The first-order valence-electron chi connectivity index (χ1n) is 6.91. The SMILES string of the molecule is O=S(c1nc2n(n1)[C@H](c1ccccc1)C[C@@H]2F)C1CC1(F)F. The topological polar surface area (TPSA) is 47.8 Å². The second kappa shape index (κ2) is 4.65. The molecule has 1 fully saturated rings. The van der Waals surface area contributed by atoms with Crippen LogP contribution in [0.1, 0.15) is 36.4 Å². The minimum atomic E-state index is -2.92. The van der Waals surface area contributed by atoms with Crippen LogP contribution >= 0.6 is 0 Å². The number of hydrogen-bond acceptors (Lipinski definition) is 3. The van der Waals surface area contributed by atoms with Crippen LogP contribution in [0.25, 0.3) is 0 Å². The fraction of sp³-hybridized carbons (Fsp3) is 0.429. The first kappa shape index (κ1) is 13.9. The Bertz CT molecular complexity index is 749. The average molecular weight is 327 g/mol. The molecule has 4 nitrogen and oxygen atoms in total. The van der Waals surface area contributed by atoms with Crippen molar-refractivity contribution in [1.29, 1.82) is 0 Å². The van der Waals surface area contributed by atoms with Crippen LogP contribution in [0.15, 0.2) is 35.5 Å². The number of fused-ring (bicyclic) bond motifs is 1. The molecule has 22 heavy (non-hydrogen) atoms. The molecule has 0 radical (unpaired) electrons. The van der Waals surface area contributed by atoms with Gasteiger partial charge in [-0.3, -0.25) is 4.21 Å². The van der Waals surface area contributed by atoms with Crippen LogP contribution in [-0.4, -0.2) is 30.1 Å². The summed E-state index contributed by atoms with van der Waals surface area (Å²) >= 11 is 0. The summed E-state index contributed by atoms with van der Waals surface area (Å²) in [5.41, 5.74) is 0.864. The number of aromatic nitrogens is 3. The predicted molar refractivity (Wildman–Crippen MR) is 72.8 cm³/mol.